The third-order valence-corrected chi connectivity index (χ3v) is 4.87. The number of nitrogens with zero attached hydrogens (tertiary/aromatic N) is 1. The van der Waals surface area contributed by atoms with Crippen LogP contribution in [0.25, 0.3) is 0 Å². The van der Waals surface area contributed by atoms with Crippen molar-refractivity contribution in [3.05, 3.63) is 54.4 Å². The zero-order valence-electron chi connectivity index (χ0n) is 11.0. The summed E-state index contributed by atoms with van der Waals surface area (Å²) in [5.74, 6) is -0.757. The van der Waals surface area contributed by atoms with Crippen LogP contribution >= 0.6 is 0 Å². The highest BCUT2D eigenvalue weighted by atomic mass is 32.2. The van der Waals surface area contributed by atoms with Gasteiger partial charge in [0.05, 0.1) is 0 Å². The van der Waals surface area contributed by atoms with Gasteiger partial charge in [-0.3, -0.25) is 14.0 Å². The summed E-state index contributed by atoms with van der Waals surface area (Å²) >= 11 is 0. The standard InChI is InChI=1S/C13H12N2O4S2/c1-20(17)11-6-4-10(5-7-11)13(16)15-21(18,19)12-3-2-8-14-9-12/h2-9H,1H3,(H,15,16)/t20-/m1/s1. The summed E-state index contributed by atoms with van der Waals surface area (Å²) in [5, 5.41) is 0. The van der Waals surface area contributed by atoms with Gasteiger partial charge in [-0.05, 0) is 36.4 Å². The van der Waals surface area contributed by atoms with Crippen molar-refractivity contribution < 1.29 is 17.4 Å². The molecule has 0 aliphatic carbocycles. The Kier molecular flexibility index (Phi) is 4.49. The second-order valence-corrected chi connectivity index (χ2v) is 7.16. The average molecular weight is 324 g/mol. The minimum Gasteiger partial charge on any atom is -0.268 e. The van der Waals surface area contributed by atoms with Crippen LogP contribution in [0.1, 0.15) is 10.4 Å². The monoisotopic (exact) mass is 324 g/mol. The summed E-state index contributed by atoms with van der Waals surface area (Å²) < 4.78 is 37.1. The Morgan fingerprint density at radius 1 is 1.19 bits per heavy atom. The number of aromatic nitrogens is 1. The quantitative estimate of drug-likeness (QED) is 0.903. The van der Waals surface area contributed by atoms with Crippen LogP contribution in [0.4, 0.5) is 0 Å². The summed E-state index contributed by atoms with van der Waals surface area (Å²) in [6.07, 6.45) is 4.10. The van der Waals surface area contributed by atoms with E-state index >= 15 is 0 Å². The number of benzene rings is 1. The van der Waals surface area contributed by atoms with Gasteiger partial charge in [0.2, 0.25) is 0 Å². The van der Waals surface area contributed by atoms with Crippen LogP contribution < -0.4 is 4.72 Å². The van der Waals surface area contributed by atoms with Crippen LogP contribution in [0.3, 0.4) is 0 Å². The maximum atomic E-state index is 12.0. The van der Waals surface area contributed by atoms with Gasteiger partial charge < -0.3 is 0 Å². The molecular formula is C13H12N2O4S2. The van der Waals surface area contributed by atoms with Crippen molar-refractivity contribution in [2.45, 2.75) is 9.79 Å². The van der Waals surface area contributed by atoms with E-state index in [1.165, 1.54) is 48.9 Å². The third kappa shape index (κ3) is 3.73. The number of sulfonamides is 1. The van der Waals surface area contributed by atoms with E-state index in [1.54, 1.807) is 0 Å². The molecule has 0 unspecified atom stereocenters. The van der Waals surface area contributed by atoms with Crippen molar-refractivity contribution in [3.8, 4) is 0 Å². The van der Waals surface area contributed by atoms with Crippen molar-refractivity contribution >= 4 is 26.7 Å². The molecule has 0 saturated heterocycles. The van der Waals surface area contributed by atoms with Crippen LogP contribution in [0, 0.1) is 0 Å². The van der Waals surface area contributed by atoms with E-state index in [4.69, 9.17) is 0 Å². The highest BCUT2D eigenvalue weighted by Gasteiger charge is 2.18. The molecule has 2 rings (SSSR count). The molecular weight excluding hydrogens is 312 g/mol. The number of amides is 1. The lowest BCUT2D eigenvalue weighted by Crippen LogP contribution is -2.30. The first-order valence-corrected chi connectivity index (χ1v) is 8.85. The number of nitrogens with one attached hydrogen (secondary N) is 1. The number of carbonyl (C=O) groups excluding carboxylic acids is 1. The lowest BCUT2D eigenvalue weighted by molar-refractivity contribution is 0.0981. The van der Waals surface area contributed by atoms with E-state index < -0.39 is 26.7 Å². The molecule has 1 aromatic carbocycles. The molecule has 21 heavy (non-hydrogen) atoms. The fourth-order valence-corrected chi connectivity index (χ4v) is 3.00. The van der Waals surface area contributed by atoms with E-state index in [-0.39, 0.29) is 10.5 Å². The molecule has 0 spiro atoms. The normalized spacial score (nSPS) is 12.6. The lowest BCUT2D eigenvalue weighted by atomic mass is 10.2. The molecule has 0 saturated carbocycles. The maximum Gasteiger partial charge on any atom is 0.265 e. The first-order chi connectivity index (χ1) is 9.90. The van der Waals surface area contributed by atoms with Crippen molar-refractivity contribution in [2.24, 2.45) is 0 Å². The molecule has 0 bridgehead atoms. The summed E-state index contributed by atoms with van der Waals surface area (Å²) in [4.78, 5) is 16.1. The summed E-state index contributed by atoms with van der Waals surface area (Å²) in [6, 6.07) is 8.68. The summed E-state index contributed by atoms with van der Waals surface area (Å²) in [7, 11) is -5.11. The Labute approximate surface area is 124 Å². The van der Waals surface area contributed by atoms with E-state index in [2.05, 4.69) is 4.98 Å². The Hall–Kier alpha value is -2.06. The van der Waals surface area contributed by atoms with Gasteiger partial charge in [0.15, 0.2) is 0 Å². The Morgan fingerprint density at radius 2 is 1.86 bits per heavy atom. The topological polar surface area (TPSA) is 93.2 Å². The van der Waals surface area contributed by atoms with Crippen LogP contribution in [0.2, 0.25) is 0 Å². The molecule has 8 heteroatoms. The van der Waals surface area contributed by atoms with E-state index in [0.717, 1.165) is 6.20 Å². The Morgan fingerprint density at radius 3 is 2.38 bits per heavy atom. The number of pyridine rings is 1. The van der Waals surface area contributed by atoms with Gasteiger partial charge in [-0.15, -0.1) is 0 Å². The predicted molar refractivity (Wildman–Crippen MR) is 77.7 cm³/mol. The van der Waals surface area contributed by atoms with Gasteiger partial charge in [-0.1, -0.05) is 0 Å². The van der Waals surface area contributed by atoms with Crippen LogP contribution in [-0.4, -0.2) is 29.8 Å². The lowest BCUT2D eigenvalue weighted by Gasteiger charge is -2.06. The minimum atomic E-state index is -3.96. The Bertz CT molecular complexity index is 772. The third-order valence-electron chi connectivity index (χ3n) is 2.62. The molecule has 1 amide bonds. The van der Waals surface area contributed by atoms with Gasteiger partial charge in [-0.25, -0.2) is 13.1 Å². The van der Waals surface area contributed by atoms with E-state index in [9.17, 15) is 17.4 Å². The molecule has 1 heterocycles. The molecule has 1 N–H and O–H groups in total. The van der Waals surface area contributed by atoms with Crippen LogP contribution in [-0.2, 0) is 20.8 Å². The van der Waals surface area contributed by atoms with Crippen LogP contribution in [0.5, 0.6) is 0 Å². The minimum absolute atomic E-state index is 0.0929. The Balaban J connectivity index is 2.20. The average Bonchev–Trinajstić information content (AvgIpc) is 2.48. The molecule has 1 atom stereocenters. The number of rotatable bonds is 4. The van der Waals surface area contributed by atoms with Gasteiger partial charge >= 0.3 is 0 Å². The molecule has 0 radical (unpaired) electrons. The highest BCUT2D eigenvalue weighted by molar-refractivity contribution is 7.90. The number of hydrogen-bond donors (Lipinski definition) is 1. The van der Waals surface area contributed by atoms with Crippen molar-refractivity contribution in [3.63, 3.8) is 0 Å². The smallest absolute Gasteiger partial charge is 0.265 e. The fraction of sp³-hybridized carbons (Fsp3) is 0.0769. The van der Waals surface area contributed by atoms with Gasteiger partial charge in [0.25, 0.3) is 15.9 Å². The first kappa shape index (κ1) is 15.3. The van der Waals surface area contributed by atoms with E-state index in [0.29, 0.717) is 4.90 Å². The second kappa shape index (κ2) is 6.15. The SMILES string of the molecule is C[S@@](=O)c1ccc(C(=O)NS(=O)(=O)c2cccnc2)cc1. The zero-order valence-corrected chi connectivity index (χ0v) is 12.6. The molecule has 1 aromatic heterocycles. The second-order valence-electron chi connectivity index (χ2n) is 4.10. The molecule has 0 aliphatic rings. The zero-order chi connectivity index (χ0) is 15.5. The molecule has 0 aliphatic heterocycles. The fourth-order valence-electron chi connectivity index (χ4n) is 1.54. The summed E-state index contributed by atoms with van der Waals surface area (Å²) in [5.41, 5.74) is 0.164. The van der Waals surface area contributed by atoms with Crippen molar-refractivity contribution in [2.75, 3.05) is 6.26 Å². The molecule has 2 aromatic rings. The molecule has 6 nitrogen and oxygen atoms in total. The molecule has 0 fully saturated rings. The highest BCUT2D eigenvalue weighted by Crippen LogP contribution is 2.10. The number of hydrogen-bond acceptors (Lipinski definition) is 5. The largest absolute Gasteiger partial charge is 0.268 e. The first-order valence-electron chi connectivity index (χ1n) is 5.81. The predicted octanol–water partition coefficient (Wildman–Crippen LogP) is 0.938. The van der Waals surface area contributed by atoms with Crippen molar-refractivity contribution in [1.29, 1.82) is 0 Å². The van der Waals surface area contributed by atoms with Crippen LogP contribution in [0.15, 0.2) is 58.6 Å². The van der Waals surface area contributed by atoms with Gasteiger partial charge in [0.1, 0.15) is 4.90 Å². The summed E-state index contributed by atoms with van der Waals surface area (Å²) in [6.45, 7) is 0. The van der Waals surface area contributed by atoms with Gasteiger partial charge in [-0.2, -0.15) is 0 Å². The van der Waals surface area contributed by atoms with Crippen molar-refractivity contribution in [1.82, 2.24) is 9.71 Å². The molecule has 110 valence electrons. The maximum absolute atomic E-state index is 12.0. The van der Waals surface area contributed by atoms with E-state index in [1.807, 2.05) is 4.72 Å². The van der Waals surface area contributed by atoms with Gasteiger partial charge in [0, 0.05) is 39.9 Å². The number of carbonyl (C=O) groups is 1.